The van der Waals surface area contributed by atoms with Gasteiger partial charge in [0.15, 0.2) is 5.71 Å². The van der Waals surface area contributed by atoms with Gasteiger partial charge in [-0.05, 0) is 42.8 Å². The lowest BCUT2D eigenvalue weighted by molar-refractivity contribution is -0.135. The first-order valence-corrected chi connectivity index (χ1v) is 9.24. The molecular formula is C21H21ClN2O4. The Morgan fingerprint density at radius 3 is 2.57 bits per heavy atom. The number of esters is 1. The van der Waals surface area contributed by atoms with Crippen LogP contribution in [0.1, 0.15) is 18.2 Å². The summed E-state index contributed by atoms with van der Waals surface area (Å²) in [6, 6.07) is 14.9. The monoisotopic (exact) mass is 400 g/mol. The van der Waals surface area contributed by atoms with Crippen LogP contribution < -0.4 is 4.74 Å². The highest BCUT2D eigenvalue weighted by molar-refractivity contribution is 6.37. The van der Waals surface area contributed by atoms with Gasteiger partial charge in [0.25, 0.3) is 0 Å². The SMILES string of the molecule is CCOC(=O)/C(Cc1c(COc2ccc(Cl)cc2)n(C)c2ccccc12)=N/O. The van der Waals surface area contributed by atoms with Crippen molar-refractivity contribution >= 4 is 34.2 Å². The minimum Gasteiger partial charge on any atom is -0.487 e. The molecule has 2 aromatic carbocycles. The normalized spacial score (nSPS) is 11.6. The van der Waals surface area contributed by atoms with Crippen LogP contribution in [0.4, 0.5) is 0 Å². The zero-order valence-corrected chi connectivity index (χ0v) is 16.4. The molecule has 0 amide bonds. The molecule has 6 nitrogen and oxygen atoms in total. The molecule has 0 unspecified atom stereocenters. The molecule has 1 heterocycles. The van der Waals surface area contributed by atoms with Crippen LogP contribution in [0.5, 0.6) is 5.75 Å². The molecule has 0 aliphatic rings. The first kappa shape index (κ1) is 19.8. The van der Waals surface area contributed by atoms with Crippen molar-refractivity contribution in [2.24, 2.45) is 12.2 Å². The maximum absolute atomic E-state index is 12.1. The largest absolute Gasteiger partial charge is 0.487 e. The number of hydrogen-bond donors (Lipinski definition) is 1. The quantitative estimate of drug-likeness (QED) is 0.277. The summed E-state index contributed by atoms with van der Waals surface area (Å²) in [5.74, 6) is 0.0459. The third-order valence-electron chi connectivity index (χ3n) is 4.51. The van der Waals surface area contributed by atoms with E-state index in [1.807, 2.05) is 35.9 Å². The van der Waals surface area contributed by atoms with Crippen LogP contribution in [0, 0.1) is 0 Å². The number of hydrogen-bond acceptors (Lipinski definition) is 5. The van der Waals surface area contributed by atoms with E-state index in [0.717, 1.165) is 22.2 Å². The summed E-state index contributed by atoms with van der Waals surface area (Å²) in [7, 11) is 1.94. The number of carbonyl (C=O) groups excluding carboxylic acids is 1. The summed E-state index contributed by atoms with van der Waals surface area (Å²) in [4.78, 5) is 12.1. The second-order valence-electron chi connectivity index (χ2n) is 6.19. The molecule has 0 aliphatic carbocycles. The lowest BCUT2D eigenvalue weighted by Gasteiger charge is -2.11. The molecule has 3 aromatic rings. The van der Waals surface area contributed by atoms with Crippen molar-refractivity contribution in [2.45, 2.75) is 20.0 Å². The molecule has 0 fully saturated rings. The number of nitrogens with zero attached hydrogens (tertiary/aromatic N) is 2. The number of aryl methyl sites for hydroxylation is 1. The number of oxime groups is 1. The standard InChI is InChI=1S/C21H21ClN2O4/c1-3-27-21(25)18(23-26)12-17-16-6-4-5-7-19(16)24(2)20(17)13-28-15-10-8-14(22)9-11-15/h4-11,26H,3,12-13H2,1-2H3/b23-18+. The van der Waals surface area contributed by atoms with Crippen molar-refractivity contribution in [3.8, 4) is 5.75 Å². The Hall–Kier alpha value is -2.99. The van der Waals surface area contributed by atoms with Gasteiger partial charge in [-0.3, -0.25) is 0 Å². The maximum atomic E-state index is 12.1. The van der Waals surface area contributed by atoms with Crippen LogP contribution in [0.3, 0.4) is 0 Å². The van der Waals surface area contributed by atoms with Crippen molar-refractivity contribution in [3.05, 3.63) is 64.8 Å². The summed E-state index contributed by atoms with van der Waals surface area (Å²) in [6.07, 6.45) is 0.135. The summed E-state index contributed by atoms with van der Waals surface area (Å²) in [5.41, 5.74) is 2.67. The van der Waals surface area contributed by atoms with Crippen LogP contribution in [0.25, 0.3) is 10.9 Å². The highest BCUT2D eigenvalue weighted by Gasteiger charge is 2.21. The Labute approximate surface area is 167 Å². The Morgan fingerprint density at radius 1 is 1.18 bits per heavy atom. The van der Waals surface area contributed by atoms with Gasteiger partial charge in [-0.2, -0.15) is 0 Å². The zero-order chi connectivity index (χ0) is 20.1. The van der Waals surface area contributed by atoms with Crippen LogP contribution in [0.15, 0.2) is 53.7 Å². The lowest BCUT2D eigenvalue weighted by Crippen LogP contribution is -2.21. The zero-order valence-electron chi connectivity index (χ0n) is 15.7. The predicted octanol–water partition coefficient (Wildman–Crippen LogP) is 4.35. The van der Waals surface area contributed by atoms with Gasteiger partial charge >= 0.3 is 5.97 Å². The first-order chi connectivity index (χ1) is 13.5. The molecule has 0 atom stereocenters. The van der Waals surface area contributed by atoms with E-state index < -0.39 is 5.97 Å². The summed E-state index contributed by atoms with van der Waals surface area (Å²) < 4.78 is 12.9. The van der Waals surface area contributed by atoms with Crippen molar-refractivity contribution in [3.63, 3.8) is 0 Å². The fourth-order valence-electron chi connectivity index (χ4n) is 3.12. The van der Waals surface area contributed by atoms with E-state index in [1.165, 1.54) is 0 Å². The summed E-state index contributed by atoms with van der Waals surface area (Å²) >= 11 is 5.92. The van der Waals surface area contributed by atoms with E-state index in [-0.39, 0.29) is 25.3 Å². The molecule has 0 saturated carbocycles. The van der Waals surface area contributed by atoms with Crippen LogP contribution in [0.2, 0.25) is 5.02 Å². The summed E-state index contributed by atoms with van der Waals surface area (Å²) in [6.45, 7) is 2.19. The molecule has 28 heavy (non-hydrogen) atoms. The van der Waals surface area contributed by atoms with Crippen molar-refractivity contribution in [2.75, 3.05) is 6.61 Å². The van der Waals surface area contributed by atoms with Gasteiger partial charge in [0.2, 0.25) is 0 Å². The molecular weight excluding hydrogens is 380 g/mol. The predicted molar refractivity (Wildman–Crippen MR) is 108 cm³/mol. The number of aromatic nitrogens is 1. The average molecular weight is 401 g/mol. The number of rotatable bonds is 7. The third-order valence-corrected chi connectivity index (χ3v) is 4.76. The topological polar surface area (TPSA) is 73.0 Å². The number of ether oxygens (including phenoxy) is 2. The highest BCUT2D eigenvalue weighted by Crippen LogP contribution is 2.28. The second-order valence-corrected chi connectivity index (χ2v) is 6.62. The van der Waals surface area contributed by atoms with E-state index in [1.54, 1.807) is 31.2 Å². The lowest BCUT2D eigenvalue weighted by atomic mass is 10.0. The molecule has 3 rings (SSSR count). The van der Waals surface area contributed by atoms with E-state index in [9.17, 15) is 10.0 Å². The number of carbonyl (C=O) groups is 1. The molecule has 0 radical (unpaired) electrons. The van der Waals surface area contributed by atoms with Crippen LogP contribution in [-0.4, -0.2) is 28.1 Å². The van der Waals surface area contributed by atoms with Gasteiger partial charge in [-0.1, -0.05) is 35.0 Å². The van der Waals surface area contributed by atoms with E-state index >= 15 is 0 Å². The van der Waals surface area contributed by atoms with Crippen molar-refractivity contribution in [1.82, 2.24) is 4.57 Å². The van der Waals surface area contributed by atoms with Gasteiger partial charge in [-0.15, -0.1) is 0 Å². The summed E-state index contributed by atoms with van der Waals surface area (Å²) in [5, 5.41) is 14.1. The van der Waals surface area contributed by atoms with Crippen LogP contribution >= 0.6 is 11.6 Å². The fraction of sp³-hybridized carbons (Fsp3) is 0.238. The smallest absolute Gasteiger partial charge is 0.356 e. The van der Waals surface area contributed by atoms with Gasteiger partial charge in [0, 0.05) is 29.4 Å². The van der Waals surface area contributed by atoms with Gasteiger partial charge in [0.05, 0.1) is 12.3 Å². The van der Waals surface area contributed by atoms with Gasteiger partial charge in [0.1, 0.15) is 12.4 Å². The minimum absolute atomic E-state index is 0.0501. The van der Waals surface area contributed by atoms with Crippen molar-refractivity contribution < 1.29 is 19.5 Å². The molecule has 1 aromatic heterocycles. The Kier molecular flexibility index (Phi) is 6.21. The number of halogens is 1. The number of benzene rings is 2. The Balaban J connectivity index is 1.96. The van der Waals surface area contributed by atoms with E-state index in [4.69, 9.17) is 21.1 Å². The van der Waals surface area contributed by atoms with E-state index in [2.05, 4.69) is 5.16 Å². The number of para-hydroxylation sites is 1. The van der Waals surface area contributed by atoms with Gasteiger partial charge < -0.3 is 19.2 Å². The number of fused-ring (bicyclic) bond motifs is 1. The van der Waals surface area contributed by atoms with E-state index in [0.29, 0.717) is 10.8 Å². The Bertz CT molecular complexity index is 1010. The van der Waals surface area contributed by atoms with Crippen LogP contribution in [-0.2, 0) is 29.6 Å². The average Bonchev–Trinajstić information content (AvgIpc) is 2.97. The fourth-order valence-corrected chi connectivity index (χ4v) is 3.24. The van der Waals surface area contributed by atoms with Gasteiger partial charge in [-0.25, -0.2) is 4.79 Å². The molecule has 0 bridgehead atoms. The minimum atomic E-state index is -0.637. The molecule has 146 valence electrons. The molecule has 0 saturated heterocycles. The maximum Gasteiger partial charge on any atom is 0.356 e. The van der Waals surface area contributed by atoms with Crippen molar-refractivity contribution in [1.29, 1.82) is 0 Å². The Morgan fingerprint density at radius 2 is 1.89 bits per heavy atom. The first-order valence-electron chi connectivity index (χ1n) is 8.86. The second kappa shape index (κ2) is 8.80. The molecule has 0 aliphatic heterocycles. The molecule has 0 spiro atoms. The molecule has 1 N–H and O–H groups in total. The third kappa shape index (κ3) is 4.12. The molecule has 7 heteroatoms. The highest BCUT2D eigenvalue weighted by atomic mass is 35.5.